The Bertz CT molecular complexity index is 1500. The van der Waals surface area contributed by atoms with Crippen molar-refractivity contribution in [2.45, 2.75) is 73.3 Å². The number of thiophene rings is 1. The quantitative estimate of drug-likeness (QED) is 0.230. The molecule has 0 aliphatic heterocycles. The number of nitrogens with zero attached hydrogens (tertiary/aromatic N) is 2. The first-order valence-corrected chi connectivity index (χ1v) is 14.1. The van der Waals surface area contributed by atoms with Crippen molar-refractivity contribution in [3.63, 3.8) is 0 Å². The number of hydrogen-bond acceptors (Lipinski definition) is 2. The number of imidazole rings is 1. The van der Waals surface area contributed by atoms with Gasteiger partial charge >= 0.3 is 0 Å². The molecule has 0 unspecified atom stereocenters. The van der Waals surface area contributed by atoms with E-state index in [-0.39, 0.29) is 5.41 Å². The maximum Gasteiger partial charge on any atom is 0.142 e. The van der Waals surface area contributed by atoms with Gasteiger partial charge in [0.2, 0.25) is 0 Å². The zero-order valence-electron chi connectivity index (χ0n) is 22.7. The fourth-order valence-corrected chi connectivity index (χ4v) is 6.38. The fraction of sp³-hybridized carbons (Fsp3) is 0.364. The third kappa shape index (κ3) is 4.74. The molecule has 0 saturated heterocycles. The van der Waals surface area contributed by atoms with Crippen LogP contribution in [0.4, 0.5) is 0 Å². The summed E-state index contributed by atoms with van der Waals surface area (Å²) in [4.78, 5) is 5.22. The van der Waals surface area contributed by atoms with Gasteiger partial charge in [0.05, 0.1) is 17.6 Å². The summed E-state index contributed by atoms with van der Waals surface area (Å²) in [6, 6.07) is 22.4. The third-order valence-electron chi connectivity index (χ3n) is 7.08. The standard InChI is InChI=1S/C33H38N2S/c1-21(2)24-11-10-12-25(22(3)4)27(24)19-35-30-14-9-8-13-29(30)34-32(35)28-20-36-31-16-15-23(17-26(28)31)18-33(5,6)7/h8-17,20-22H,18-19H2,1-7H3. The van der Waals surface area contributed by atoms with Crippen LogP contribution < -0.4 is 0 Å². The Morgan fingerprint density at radius 2 is 1.56 bits per heavy atom. The van der Waals surface area contributed by atoms with Gasteiger partial charge in [-0.25, -0.2) is 4.98 Å². The van der Waals surface area contributed by atoms with Crippen LogP contribution >= 0.6 is 11.3 Å². The molecule has 0 bridgehead atoms. The van der Waals surface area contributed by atoms with Crippen molar-refractivity contribution in [2.75, 3.05) is 0 Å². The monoisotopic (exact) mass is 494 g/mol. The molecular weight excluding hydrogens is 456 g/mol. The third-order valence-corrected chi connectivity index (χ3v) is 8.04. The minimum Gasteiger partial charge on any atom is -0.319 e. The van der Waals surface area contributed by atoms with E-state index in [1.165, 1.54) is 43.4 Å². The van der Waals surface area contributed by atoms with Crippen LogP contribution in [0.1, 0.15) is 82.6 Å². The Morgan fingerprint density at radius 3 is 2.22 bits per heavy atom. The molecule has 0 fully saturated rings. The Balaban J connectivity index is 1.72. The summed E-state index contributed by atoms with van der Waals surface area (Å²) in [7, 11) is 0. The topological polar surface area (TPSA) is 17.8 Å². The Labute approximate surface area is 220 Å². The number of aromatic nitrogens is 2. The summed E-state index contributed by atoms with van der Waals surface area (Å²) < 4.78 is 3.78. The highest BCUT2D eigenvalue weighted by Gasteiger charge is 2.21. The van der Waals surface area contributed by atoms with E-state index in [4.69, 9.17) is 4.98 Å². The molecule has 0 aliphatic rings. The van der Waals surface area contributed by atoms with E-state index in [0.717, 1.165) is 24.3 Å². The number of hydrogen-bond donors (Lipinski definition) is 0. The maximum absolute atomic E-state index is 5.22. The molecule has 5 aromatic rings. The molecule has 2 aromatic heterocycles. The van der Waals surface area contributed by atoms with Gasteiger partial charge in [0.25, 0.3) is 0 Å². The highest BCUT2D eigenvalue weighted by Crippen LogP contribution is 2.38. The predicted octanol–water partition coefficient (Wildman–Crippen LogP) is 9.80. The molecule has 0 aliphatic carbocycles. The summed E-state index contributed by atoms with van der Waals surface area (Å²) in [5.41, 5.74) is 9.47. The molecule has 186 valence electrons. The first kappa shape index (κ1) is 24.8. The van der Waals surface area contributed by atoms with Gasteiger partial charge in [-0.15, -0.1) is 11.3 Å². The summed E-state index contributed by atoms with van der Waals surface area (Å²) in [6.45, 7) is 17.0. The van der Waals surface area contributed by atoms with Crippen molar-refractivity contribution in [3.8, 4) is 11.4 Å². The van der Waals surface area contributed by atoms with E-state index >= 15 is 0 Å². The van der Waals surface area contributed by atoms with Gasteiger partial charge in [0.15, 0.2) is 0 Å². The van der Waals surface area contributed by atoms with Gasteiger partial charge in [-0.05, 0) is 70.2 Å². The number of fused-ring (bicyclic) bond motifs is 2. The fourth-order valence-electron chi connectivity index (χ4n) is 5.46. The number of para-hydroxylation sites is 2. The molecule has 0 atom stereocenters. The maximum atomic E-state index is 5.22. The second-order valence-electron chi connectivity index (χ2n) is 12.0. The summed E-state index contributed by atoms with van der Waals surface area (Å²) in [5, 5.41) is 3.63. The van der Waals surface area contributed by atoms with E-state index in [0.29, 0.717) is 11.8 Å². The molecule has 3 aromatic carbocycles. The van der Waals surface area contributed by atoms with Gasteiger partial charge in [-0.3, -0.25) is 0 Å². The van der Waals surface area contributed by atoms with E-state index < -0.39 is 0 Å². The molecule has 2 nitrogen and oxygen atoms in total. The van der Waals surface area contributed by atoms with Crippen LogP contribution in [0.15, 0.2) is 66.0 Å². The van der Waals surface area contributed by atoms with E-state index in [1.807, 2.05) is 11.3 Å². The highest BCUT2D eigenvalue weighted by molar-refractivity contribution is 7.17. The smallest absolute Gasteiger partial charge is 0.142 e. The summed E-state index contributed by atoms with van der Waals surface area (Å²) in [6.07, 6.45) is 1.06. The van der Waals surface area contributed by atoms with Gasteiger partial charge < -0.3 is 4.57 Å². The van der Waals surface area contributed by atoms with Crippen LogP contribution in [0.3, 0.4) is 0 Å². The molecule has 0 spiro atoms. The van der Waals surface area contributed by atoms with E-state index in [1.54, 1.807) is 0 Å². The lowest BCUT2D eigenvalue weighted by molar-refractivity contribution is 0.411. The minimum absolute atomic E-state index is 0.255. The first-order valence-electron chi connectivity index (χ1n) is 13.2. The molecule has 0 amide bonds. The molecule has 2 heterocycles. The van der Waals surface area contributed by atoms with Gasteiger partial charge in [-0.1, -0.05) is 84.9 Å². The molecule has 5 rings (SSSR count). The minimum atomic E-state index is 0.255. The van der Waals surface area contributed by atoms with E-state index in [2.05, 4.69) is 119 Å². The average molecular weight is 495 g/mol. The van der Waals surface area contributed by atoms with Crippen LogP contribution in [0.5, 0.6) is 0 Å². The molecule has 0 radical (unpaired) electrons. The Kier molecular flexibility index (Phi) is 6.55. The number of benzene rings is 3. The largest absolute Gasteiger partial charge is 0.319 e. The van der Waals surface area contributed by atoms with Crippen molar-refractivity contribution < 1.29 is 0 Å². The average Bonchev–Trinajstić information content (AvgIpc) is 3.39. The van der Waals surface area contributed by atoms with Crippen molar-refractivity contribution in [1.82, 2.24) is 9.55 Å². The summed E-state index contributed by atoms with van der Waals surface area (Å²) >= 11 is 1.82. The van der Waals surface area contributed by atoms with Crippen molar-refractivity contribution >= 4 is 32.5 Å². The summed E-state index contributed by atoms with van der Waals surface area (Å²) in [5.74, 6) is 2.02. The van der Waals surface area contributed by atoms with Crippen LogP contribution in [-0.4, -0.2) is 9.55 Å². The number of rotatable bonds is 6. The van der Waals surface area contributed by atoms with Crippen LogP contribution in [0.25, 0.3) is 32.5 Å². The molecule has 3 heteroatoms. The zero-order valence-corrected chi connectivity index (χ0v) is 23.5. The normalized spacial score (nSPS) is 12.5. The lowest BCUT2D eigenvalue weighted by atomic mass is 9.87. The van der Waals surface area contributed by atoms with Crippen molar-refractivity contribution in [2.24, 2.45) is 5.41 Å². The van der Waals surface area contributed by atoms with Gasteiger partial charge in [0.1, 0.15) is 5.82 Å². The molecule has 0 saturated carbocycles. The SMILES string of the molecule is CC(C)c1cccc(C(C)C)c1Cn1c(-c2csc3ccc(CC(C)(C)C)cc23)nc2ccccc21. The van der Waals surface area contributed by atoms with Crippen LogP contribution in [-0.2, 0) is 13.0 Å². The Hall–Kier alpha value is -2.91. The first-order chi connectivity index (χ1) is 17.1. The predicted molar refractivity (Wildman–Crippen MR) is 157 cm³/mol. The second-order valence-corrected chi connectivity index (χ2v) is 12.9. The van der Waals surface area contributed by atoms with Crippen LogP contribution in [0, 0.1) is 5.41 Å². The lowest BCUT2D eigenvalue weighted by Crippen LogP contribution is -2.10. The second kappa shape index (κ2) is 9.52. The molecule has 0 N–H and O–H groups in total. The van der Waals surface area contributed by atoms with Crippen molar-refractivity contribution in [1.29, 1.82) is 0 Å². The Morgan fingerprint density at radius 1 is 0.861 bits per heavy atom. The molecular formula is C33H38N2S. The lowest BCUT2D eigenvalue weighted by Gasteiger charge is -2.21. The molecule has 36 heavy (non-hydrogen) atoms. The van der Waals surface area contributed by atoms with Crippen molar-refractivity contribution in [3.05, 3.63) is 88.3 Å². The van der Waals surface area contributed by atoms with Gasteiger partial charge in [0, 0.05) is 21.0 Å². The highest BCUT2D eigenvalue weighted by atomic mass is 32.1. The van der Waals surface area contributed by atoms with Gasteiger partial charge in [-0.2, -0.15) is 0 Å². The van der Waals surface area contributed by atoms with E-state index in [9.17, 15) is 0 Å². The zero-order chi connectivity index (χ0) is 25.6. The van der Waals surface area contributed by atoms with Crippen LogP contribution in [0.2, 0.25) is 0 Å².